The molecule has 2 N–H and O–H groups in total. The fraction of sp³-hybridized carbons (Fsp3) is 0.688. The van der Waals surface area contributed by atoms with Gasteiger partial charge < -0.3 is 15.5 Å². The van der Waals surface area contributed by atoms with Gasteiger partial charge in [0.1, 0.15) is 5.82 Å². The van der Waals surface area contributed by atoms with E-state index in [-0.39, 0.29) is 5.41 Å². The lowest BCUT2D eigenvalue weighted by molar-refractivity contribution is 0.233. The molecule has 1 unspecified atom stereocenters. The molecule has 112 valence electrons. The molecule has 0 aromatic carbocycles. The van der Waals surface area contributed by atoms with Gasteiger partial charge in [-0.2, -0.15) is 0 Å². The number of hydrogen-bond acceptors (Lipinski definition) is 4. The van der Waals surface area contributed by atoms with Crippen molar-refractivity contribution in [3.05, 3.63) is 23.4 Å². The van der Waals surface area contributed by atoms with E-state index in [2.05, 4.69) is 56.7 Å². The highest BCUT2D eigenvalue weighted by Gasteiger charge is 2.24. The summed E-state index contributed by atoms with van der Waals surface area (Å²) in [7, 11) is 2.19. The second-order valence-corrected chi connectivity index (χ2v) is 6.95. The summed E-state index contributed by atoms with van der Waals surface area (Å²) in [5.74, 6) is 1.08. The number of aromatic nitrogens is 1. The molecule has 0 radical (unpaired) electrons. The molecule has 0 bridgehead atoms. The van der Waals surface area contributed by atoms with Gasteiger partial charge in [0, 0.05) is 43.3 Å². The molecular formula is C16H28N4. The highest BCUT2D eigenvalue weighted by atomic mass is 15.3. The lowest BCUT2D eigenvalue weighted by atomic mass is 9.90. The molecule has 0 amide bonds. The molecule has 4 nitrogen and oxygen atoms in total. The van der Waals surface area contributed by atoms with Gasteiger partial charge in [-0.25, -0.2) is 4.98 Å². The number of rotatable bonds is 2. The summed E-state index contributed by atoms with van der Waals surface area (Å²) in [5, 5.41) is 0. The van der Waals surface area contributed by atoms with Gasteiger partial charge in [-0.1, -0.05) is 20.8 Å². The Kier molecular flexibility index (Phi) is 4.35. The van der Waals surface area contributed by atoms with Crippen LogP contribution in [0.25, 0.3) is 0 Å². The molecular weight excluding hydrogens is 248 g/mol. The zero-order valence-corrected chi connectivity index (χ0v) is 13.5. The van der Waals surface area contributed by atoms with Crippen molar-refractivity contribution in [1.82, 2.24) is 9.88 Å². The first-order chi connectivity index (χ1) is 9.31. The van der Waals surface area contributed by atoms with Gasteiger partial charge in [0.05, 0.1) is 0 Å². The molecule has 0 spiro atoms. The van der Waals surface area contributed by atoms with Crippen molar-refractivity contribution in [2.45, 2.75) is 45.7 Å². The fourth-order valence-electron chi connectivity index (χ4n) is 2.49. The maximum Gasteiger partial charge on any atom is 0.129 e. The molecule has 1 aromatic rings. The van der Waals surface area contributed by atoms with Gasteiger partial charge in [0.15, 0.2) is 0 Å². The van der Waals surface area contributed by atoms with E-state index in [1.807, 2.05) is 0 Å². The first-order valence-corrected chi connectivity index (χ1v) is 7.48. The minimum absolute atomic E-state index is 0.0537. The Hall–Kier alpha value is -1.13. The molecule has 0 saturated carbocycles. The van der Waals surface area contributed by atoms with Gasteiger partial charge in [0.25, 0.3) is 0 Å². The second kappa shape index (κ2) is 5.70. The molecule has 1 aromatic heterocycles. The summed E-state index contributed by atoms with van der Waals surface area (Å²) in [4.78, 5) is 9.67. The molecule has 1 saturated heterocycles. The summed E-state index contributed by atoms with van der Waals surface area (Å²) in [6, 6.07) is 4.85. The van der Waals surface area contributed by atoms with Crippen molar-refractivity contribution < 1.29 is 0 Å². The molecule has 0 aliphatic carbocycles. The zero-order valence-electron chi connectivity index (χ0n) is 13.5. The van der Waals surface area contributed by atoms with E-state index in [0.717, 1.165) is 31.1 Å². The molecule has 2 heterocycles. The van der Waals surface area contributed by atoms with Crippen LogP contribution in [-0.4, -0.2) is 42.6 Å². The highest BCUT2D eigenvalue weighted by molar-refractivity contribution is 5.44. The van der Waals surface area contributed by atoms with Crippen molar-refractivity contribution in [2.75, 3.05) is 31.6 Å². The van der Waals surface area contributed by atoms with Crippen LogP contribution in [0.5, 0.6) is 0 Å². The van der Waals surface area contributed by atoms with Crippen LogP contribution in [0.3, 0.4) is 0 Å². The summed E-state index contributed by atoms with van der Waals surface area (Å²) in [6.45, 7) is 12.6. The number of piperazine rings is 1. The van der Waals surface area contributed by atoms with Gasteiger partial charge >= 0.3 is 0 Å². The van der Waals surface area contributed by atoms with Crippen molar-refractivity contribution in [3.8, 4) is 0 Å². The van der Waals surface area contributed by atoms with Gasteiger partial charge in [-0.05, 0) is 31.7 Å². The number of nitrogens with zero attached hydrogens (tertiary/aromatic N) is 3. The second-order valence-electron chi connectivity index (χ2n) is 6.95. The van der Waals surface area contributed by atoms with E-state index in [1.165, 1.54) is 5.56 Å². The Bertz CT molecular complexity index is 464. The smallest absolute Gasteiger partial charge is 0.129 e. The van der Waals surface area contributed by atoms with Crippen LogP contribution >= 0.6 is 0 Å². The zero-order chi connectivity index (χ0) is 14.9. The molecule has 2 rings (SSSR count). The fourth-order valence-corrected chi connectivity index (χ4v) is 2.49. The first kappa shape index (κ1) is 15.3. The maximum atomic E-state index is 5.86. The van der Waals surface area contributed by atoms with Crippen molar-refractivity contribution in [2.24, 2.45) is 5.73 Å². The minimum Gasteiger partial charge on any atom is -0.354 e. The largest absolute Gasteiger partial charge is 0.354 e. The Balaban J connectivity index is 2.31. The van der Waals surface area contributed by atoms with Gasteiger partial charge in [-0.3, -0.25) is 0 Å². The van der Waals surface area contributed by atoms with Crippen LogP contribution < -0.4 is 10.6 Å². The first-order valence-electron chi connectivity index (χ1n) is 7.48. The third kappa shape index (κ3) is 3.30. The van der Waals surface area contributed by atoms with Gasteiger partial charge in [0.2, 0.25) is 0 Å². The van der Waals surface area contributed by atoms with Crippen LogP contribution in [0.4, 0.5) is 5.82 Å². The summed E-state index contributed by atoms with van der Waals surface area (Å²) < 4.78 is 0. The van der Waals surface area contributed by atoms with Crippen LogP contribution in [0, 0.1) is 0 Å². The third-order valence-electron chi connectivity index (χ3n) is 4.16. The molecule has 1 aliphatic rings. The van der Waals surface area contributed by atoms with E-state index in [4.69, 9.17) is 10.7 Å². The lowest BCUT2D eigenvalue weighted by Gasteiger charge is -2.38. The predicted molar refractivity (Wildman–Crippen MR) is 85.1 cm³/mol. The third-order valence-corrected chi connectivity index (χ3v) is 4.16. The van der Waals surface area contributed by atoms with Crippen molar-refractivity contribution >= 4 is 5.82 Å². The lowest BCUT2D eigenvalue weighted by Crippen LogP contribution is -2.50. The predicted octanol–water partition coefficient (Wildman–Crippen LogP) is 1.98. The Morgan fingerprint density at radius 1 is 1.30 bits per heavy atom. The SMILES string of the molecule is CC1CN(c2cc(CN)cc(C(C)(C)C)n2)CCN1C. The standard InChI is InChI=1S/C16H28N4/c1-12-11-20(7-6-19(12)5)15-9-13(10-17)8-14(18-15)16(2,3)4/h8-9,12H,6-7,10-11,17H2,1-5H3. The topological polar surface area (TPSA) is 45.4 Å². The van der Waals surface area contributed by atoms with Crippen molar-refractivity contribution in [1.29, 1.82) is 0 Å². The number of anilines is 1. The molecule has 4 heteroatoms. The number of nitrogens with two attached hydrogens (primary N) is 1. The molecule has 1 atom stereocenters. The van der Waals surface area contributed by atoms with E-state index >= 15 is 0 Å². The van der Waals surface area contributed by atoms with Crippen LogP contribution in [0.2, 0.25) is 0 Å². The summed E-state index contributed by atoms with van der Waals surface area (Å²) in [5.41, 5.74) is 8.21. The van der Waals surface area contributed by atoms with E-state index in [9.17, 15) is 0 Å². The Morgan fingerprint density at radius 3 is 2.55 bits per heavy atom. The van der Waals surface area contributed by atoms with Crippen LogP contribution in [0.1, 0.15) is 39.0 Å². The Morgan fingerprint density at radius 2 is 2.00 bits per heavy atom. The van der Waals surface area contributed by atoms with Crippen molar-refractivity contribution in [3.63, 3.8) is 0 Å². The van der Waals surface area contributed by atoms with E-state index in [0.29, 0.717) is 12.6 Å². The van der Waals surface area contributed by atoms with Gasteiger partial charge in [-0.15, -0.1) is 0 Å². The quantitative estimate of drug-likeness (QED) is 0.897. The minimum atomic E-state index is 0.0537. The summed E-state index contributed by atoms with van der Waals surface area (Å²) >= 11 is 0. The summed E-state index contributed by atoms with van der Waals surface area (Å²) in [6.07, 6.45) is 0. The normalized spacial score (nSPS) is 21.3. The average Bonchev–Trinajstić information content (AvgIpc) is 2.40. The Labute approximate surface area is 123 Å². The molecule has 1 aliphatic heterocycles. The average molecular weight is 276 g/mol. The van der Waals surface area contributed by atoms with E-state index in [1.54, 1.807) is 0 Å². The number of pyridine rings is 1. The van der Waals surface area contributed by atoms with E-state index < -0.39 is 0 Å². The molecule has 1 fully saturated rings. The van der Waals surface area contributed by atoms with Crippen LogP contribution in [-0.2, 0) is 12.0 Å². The number of likely N-dealkylation sites (N-methyl/N-ethyl adjacent to an activating group) is 1. The highest BCUT2D eigenvalue weighted by Crippen LogP contribution is 2.25. The maximum absolute atomic E-state index is 5.86. The number of hydrogen-bond donors (Lipinski definition) is 1. The molecule has 20 heavy (non-hydrogen) atoms. The monoisotopic (exact) mass is 276 g/mol. The van der Waals surface area contributed by atoms with Crippen LogP contribution in [0.15, 0.2) is 12.1 Å².